The summed E-state index contributed by atoms with van der Waals surface area (Å²) >= 11 is 1.15. The van der Waals surface area contributed by atoms with Gasteiger partial charge in [-0.1, -0.05) is 24.3 Å². The molecule has 1 heterocycles. The molecule has 9 heteroatoms. The number of hydrogen-bond donors (Lipinski definition) is 2. The lowest BCUT2D eigenvalue weighted by Gasteiger charge is -2.20. The van der Waals surface area contributed by atoms with Gasteiger partial charge in [0.15, 0.2) is 5.75 Å². The van der Waals surface area contributed by atoms with Crippen molar-refractivity contribution in [2.75, 3.05) is 0 Å². The van der Waals surface area contributed by atoms with E-state index in [1.807, 2.05) is 0 Å². The number of rotatable bonds is 6. The summed E-state index contributed by atoms with van der Waals surface area (Å²) in [6, 6.07) is 11.7. The second-order valence-electron chi connectivity index (χ2n) is 7.12. The highest BCUT2D eigenvalue weighted by Gasteiger charge is 2.32. The molecule has 1 aromatic heterocycles. The topological polar surface area (TPSA) is 75.6 Å². The summed E-state index contributed by atoms with van der Waals surface area (Å²) in [7, 11) is 0. The molecule has 1 amide bonds. The molecule has 5 nitrogen and oxygen atoms in total. The highest BCUT2D eigenvalue weighted by molar-refractivity contribution is 7.21. The van der Waals surface area contributed by atoms with Crippen LogP contribution in [-0.4, -0.2) is 22.5 Å². The van der Waals surface area contributed by atoms with Crippen molar-refractivity contribution in [2.45, 2.75) is 32.2 Å². The summed E-state index contributed by atoms with van der Waals surface area (Å²) < 4.78 is 44.7. The fourth-order valence-corrected chi connectivity index (χ4v) is 3.70. The van der Waals surface area contributed by atoms with Crippen molar-refractivity contribution in [3.8, 4) is 5.75 Å². The lowest BCUT2D eigenvalue weighted by atomic mass is 10.1. The average molecular weight is 437 g/mol. The van der Waals surface area contributed by atoms with Crippen LogP contribution in [0.15, 0.2) is 48.5 Å². The van der Waals surface area contributed by atoms with Crippen LogP contribution in [0.25, 0.3) is 10.1 Å². The molecule has 3 aromatic rings. The van der Waals surface area contributed by atoms with Crippen LogP contribution < -0.4 is 10.1 Å². The molecule has 0 saturated carbocycles. The smallest absolute Gasteiger partial charge is 0.416 e. The van der Waals surface area contributed by atoms with Gasteiger partial charge in [0.2, 0.25) is 0 Å². The number of benzene rings is 2. The van der Waals surface area contributed by atoms with Crippen molar-refractivity contribution in [3.63, 3.8) is 0 Å². The number of thiophene rings is 1. The van der Waals surface area contributed by atoms with Crippen LogP contribution in [0, 0.1) is 0 Å². The third kappa shape index (κ3) is 4.56. The monoisotopic (exact) mass is 437 g/mol. The van der Waals surface area contributed by atoms with Crippen molar-refractivity contribution >= 4 is 33.3 Å². The Bertz CT molecular complexity index is 1090. The number of amides is 1. The molecule has 0 bridgehead atoms. The Balaban J connectivity index is 1.88. The first-order valence-electron chi connectivity index (χ1n) is 8.85. The summed E-state index contributed by atoms with van der Waals surface area (Å²) in [6.45, 7) is 2.67. The standard InChI is InChI=1S/C21H18F3NO4S/c1-20(2,19(27)28)25-18(26)17-16(14-5-3-4-6-15(14)30-17)29-11-12-7-9-13(10-8-12)21(22,23)24/h3-10H,11H2,1-2H3,(H,25,26)(H,27,28). The molecule has 0 atom stereocenters. The van der Waals surface area contributed by atoms with Gasteiger partial charge in [0.25, 0.3) is 5.91 Å². The van der Waals surface area contributed by atoms with Crippen LogP contribution >= 0.6 is 11.3 Å². The van der Waals surface area contributed by atoms with E-state index in [4.69, 9.17) is 4.74 Å². The maximum absolute atomic E-state index is 12.8. The second kappa shape index (κ2) is 7.98. The molecular formula is C21H18F3NO4S. The minimum absolute atomic E-state index is 0.0541. The number of nitrogens with one attached hydrogen (secondary N) is 1. The molecule has 0 aliphatic carbocycles. The van der Waals surface area contributed by atoms with E-state index in [9.17, 15) is 27.9 Å². The van der Waals surface area contributed by atoms with Crippen LogP contribution in [0.2, 0.25) is 0 Å². The maximum atomic E-state index is 12.8. The van der Waals surface area contributed by atoms with Crippen molar-refractivity contribution in [1.82, 2.24) is 5.32 Å². The number of carbonyl (C=O) groups is 2. The number of aliphatic carboxylic acids is 1. The van der Waals surface area contributed by atoms with E-state index in [0.29, 0.717) is 10.9 Å². The van der Waals surface area contributed by atoms with Crippen LogP contribution in [0.3, 0.4) is 0 Å². The zero-order valence-corrected chi connectivity index (χ0v) is 16.9. The second-order valence-corrected chi connectivity index (χ2v) is 8.18. The predicted molar refractivity (Wildman–Crippen MR) is 107 cm³/mol. The van der Waals surface area contributed by atoms with Gasteiger partial charge in [0.1, 0.15) is 17.0 Å². The Labute approximate surface area is 174 Å². The van der Waals surface area contributed by atoms with Crippen LogP contribution in [0.5, 0.6) is 5.75 Å². The van der Waals surface area contributed by atoms with Crippen molar-refractivity contribution in [3.05, 3.63) is 64.5 Å². The lowest BCUT2D eigenvalue weighted by Crippen LogP contribution is -2.49. The van der Waals surface area contributed by atoms with Crippen molar-refractivity contribution in [1.29, 1.82) is 0 Å². The Hall–Kier alpha value is -3.07. The highest BCUT2D eigenvalue weighted by Crippen LogP contribution is 2.38. The van der Waals surface area contributed by atoms with E-state index < -0.39 is 29.2 Å². The summed E-state index contributed by atoms with van der Waals surface area (Å²) in [5, 5.41) is 12.4. The van der Waals surface area contributed by atoms with Crippen LogP contribution in [0.4, 0.5) is 13.2 Å². The Morgan fingerprint density at radius 2 is 1.70 bits per heavy atom. The van der Waals surface area contributed by atoms with Gasteiger partial charge in [0, 0.05) is 10.1 Å². The van der Waals surface area contributed by atoms with E-state index in [1.54, 1.807) is 24.3 Å². The number of carbonyl (C=O) groups excluding carboxylic acids is 1. The van der Waals surface area contributed by atoms with E-state index in [0.717, 1.165) is 28.2 Å². The SMILES string of the molecule is CC(C)(NC(=O)c1sc2ccccc2c1OCc1ccc(C(F)(F)F)cc1)C(=O)O. The molecule has 158 valence electrons. The first-order valence-corrected chi connectivity index (χ1v) is 9.67. The van der Waals surface area contributed by atoms with Gasteiger partial charge >= 0.3 is 12.1 Å². The van der Waals surface area contributed by atoms with Gasteiger partial charge in [-0.3, -0.25) is 4.79 Å². The van der Waals surface area contributed by atoms with Gasteiger partial charge in [-0.25, -0.2) is 4.79 Å². The zero-order chi connectivity index (χ0) is 22.1. The average Bonchev–Trinajstić information content (AvgIpc) is 3.04. The quantitative estimate of drug-likeness (QED) is 0.563. The minimum atomic E-state index is -4.43. The number of ether oxygens (including phenoxy) is 1. The van der Waals surface area contributed by atoms with E-state index in [-0.39, 0.29) is 17.2 Å². The third-order valence-electron chi connectivity index (χ3n) is 4.38. The first kappa shape index (κ1) is 21.6. The predicted octanol–water partition coefficient (Wildman–Crippen LogP) is 5.09. The number of carboxylic acid groups (broad SMARTS) is 1. The minimum Gasteiger partial charge on any atom is -0.487 e. The number of fused-ring (bicyclic) bond motifs is 1. The number of alkyl halides is 3. The molecule has 3 rings (SSSR count). The van der Waals surface area contributed by atoms with Gasteiger partial charge < -0.3 is 15.2 Å². The van der Waals surface area contributed by atoms with Gasteiger partial charge in [-0.05, 0) is 43.7 Å². The summed E-state index contributed by atoms with van der Waals surface area (Å²) in [5.41, 5.74) is -1.75. The van der Waals surface area contributed by atoms with E-state index >= 15 is 0 Å². The molecule has 0 fully saturated rings. The molecule has 0 radical (unpaired) electrons. The van der Waals surface area contributed by atoms with E-state index in [1.165, 1.54) is 26.0 Å². The highest BCUT2D eigenvalue weighted by atomic mass is 32.1. The van der Waals surface area contributed by atoms with Gasteiger partial charge in [-0.15, -0.1) is 11.3 Å². The number of carboxylic acids is 1. The van der Waals surface area contributed by atoms with Crippen LogP contribution in [0.1, 0.15) is 34.6 Å². The molecule has 0 saturated heterocycles. The molecule has 30 heavy (non-hydrogen) atoms. The molecule has 0 aliphatic heterocycles. The van der Waals surface area contributed by atoms with Gasteiger partial charge in [-0.2, -0.15) is 13.2 Å². The summed E-state index contributed by atoms with van der Waals surface area (Å²) in [6.07, 6.45) is -4.43. The number of hydrogen-bond acceptors (Lipinski definition) is 4. The molecule has 0 unspecified atom stereocenters. The molecule has 2 N–H and O–H groups in total. The van der Waals surface area contributed by atoms with Gasteiger partial charge in [0.05, 0.1) is 5.56 Å². The largest absolute Gasteiger partial charge is 0.487 e. The third-order valence-corrected chi connectivity index (χ3v) is 5.53. The Kier molecular flexibility index (Phi) is 5.76. The Morgan fingerprint density at radius 1 is 1.07 bits per heavy atom. The maximum Gasteiger partial charge on any atom is 0.416 e. The van der Waals surface area contributed by atoms with Crippen molar-refractivity contribution < 1.29 is 32.6 Å². The zero-order valence-electron chi connectivity index (χ0n) is 16.0. The summed E-state index contributed by atoms with van der Waals surface area (Å²) in [4.78, 5) is 24.3. The Morgan fingerprint density at radius 3 is 2.30 bits per heavy atom. The fourth-order valence-electron chi connectivity index (χ4n) is 2.65. The lowest BCUT2D eigenvalue weighted by molar-refractivity contribution is -0.143. The molecule has 0 aliphatic rings. The molecule has 2 aromatic carbocycles. The van der Waals surface area contributed by atoms with Crippen molar-refractivity contribution in [2.24, 2.45) is 0 Å². The number of halogens is 3. The fraction of sp³-hybridized carbons (Fsp3) is 0.238. The van der Waals surface area contributed by atoms with E-state index in [2.05, 4.69) is 5.32 Å². The molecule has 0 spiro atoms. The first-order chi connectivity index (χ1) is 14.0. The molecular weight excluding hydrogens is 419 g/mol. The summed E-state index contributed by atoms with van der Waals surface area (Å²) in [5.74, 6) is -1.54. The van der Waals surface area contributed by atoms with Crippen LogP contribution in [-0.2, 0) is 17.6 Å². The normalized spacial score (nSPS) is 12.0.